The van der Waals surface area contributed by atoms with Crippen LogP contribution in [0, 0.1) is 0 Å². The Kier molecular flexibility index (Phi) is 28.4. The zero-order chi connectivity index (χ0) is 54.1. The van der Waals surface area contributed by atoms with Crippen molar-refractivity contribution in [3.05, 3.63) is 35.9 Å². The summed E-state index contributed by atoms with van der Waals surface area (Å²) in [5.74, 6) is -10.0. The van der Waals surface area contributed by atoms with Crippen molar-refractivity contribution in [3.63, 3.8) is 0 Å². The Balaban J connectivity index is 3.37. The normalized spacial score (nSPS) is 14.3. The number of nitrogens with two attached hydrogens (primary N) is 4. The Labute approximate surface area is 432 Å². The van der Waals surface area contributed by atoms with E-state index in [1.807, 2.05) is 0 Å². The first-order valence-corrected chi connectivity index (χ1v) is 25.1. The molecule has 17 N–H and O–H groups in total. The van der Waals surface area contributed by atoms with E-state index < -0.39 is 128 Å². The molecule has 9 amide bonds. The first-order chi connectivity index (χ1) is 33.0. The van der Waals surface area contributed by atoms with Crippen LogP contribution in [0.5, 0.6) is 0 Å². The number of carboxylic acids is 1. The number of aliphatic imine (C=N–C) groups is 1. The standard InChI is InChI=1S/C43H70ClN13O11S3/c1-42(2,3)70-39(56-33(64)25(15-10-11-17-45)51-28(58)21-44)36(67)53-24(16-12-18-49-41(47)48)32(63)50-22-29(59)52-27(20-30(60)61)35(66)57-40(71-43(4,5)6)37(68)54-26(19-23-13-8-7-9-14-23)34(65)55-38(69)31(46)62/h7-9,13-14,24-27,38-40,69H,10-12,15-22,45H2,1-6H3,(H2,46,62)(H,50,63)(H,51,58)(H,52,59)(H,53,67)(H,54,68)(H,55,65)(H,56,64)(H,57,66)(H,60,61)(H4,47,48,49)/t24-,25-,26-,27-,38-,39?,40?/m0/s1. The average Bonchev–Trinajstić information content (AvgIpc) is 3.26. The summed E-state index contributed by atoms with van der Waals surface area (Å²) in [4.78, 5) is 135. The van der Waals surface area contributed by atoms with Gasteiger partial charge in [-0.1, -0.05) is 71.9 Å². The molecule has 0 bridgehead atoms. The molecular formula is C43H70ClN13O11S3. The molecule has 0 heterocycles. The molecule has 0 fully saturated rings. The number of benzene rings is 1. The van der Waals surface area contributed by atoms with Crippen molar-refractivity contribution in [1.29, 1.82) is 0 Å². The van der Waals surface area contributed by atoms with Crippen LogP contribution in [0.2, 0.25) is 0 Å². The largest absolute Gasteiger partial charge is 0.481 e. The predicted octanol–water partition coefficient (Wildman–Crippen LogP) is -2.01. The van der Waals surface area contributed by atoms with Crippen molar-refractivity contribution in [2.45, 2.75) is 136 Å². The van der Waals surface area contributed by atoms with Crippen molar-refractivity contribution in [3.8, 4) is 0 Å². The Morgan fingerprint density at radius 3 is 1.63 bits per heavy atom. The number of alkyl halides is 1. The topological polar surface area (TPSA) is 404 Å². The van der Waals surface area contributed by atoms with Crippen LogP contribution >= 0.6 is 47.8 Å². The van der Waals surface area contributed by atoms with E-state index in [1.165, 1.54) is 0 Å². The summed E-state index contributed by atoms with van der Waals surface area (Å²) in [6.07, 6.45) is 0.229. The van der Waals surface area contributed by atoms with E-state index in [0.29, 0.717) is 24.9 Å². The molecule has 7 atom stereocenters. The highest BCUT2D eigenvalue weighted by atomic mass is 35.5. The summed E-state index contributed by atoms with van der Waals surface area (Å²) in [5.41, 5.74) is 22.4. The Hall–Kier alpha value is -5.51. The fourth-order valence-electron chi connectivity index (χ4n) is 6.01. The second-order valence-electron chi connectivity index (χ2n) is 17.8. The van der Waals surface area contributed by atoms with Crippen LogP contribution in [0.1, 0.15) is 85.6 Å². The van der Waals surface area contributed by atoms with Gasteiger partial charge in [-0.25, -0.2) is 0 Å². The third-order valence-corrected chi connectivity index (χ3v) is 12.4. The molecule has 1 rings (SSSR count). The van der Waals surface area contributed by atoms with Crippen molar-refractivity contribution < 1.29 is 53.1 Å². The third-order valence-electron chi connectivity index (χ3n) is 9.18. The minimum atomic E-state index is -1.81. The number of unbranched alkanes of at least 4 members (excludes halogenated alkanes) is 1. The van der Waals surface area contributed by atoms with Gasteiger partial charge in [-0.15, -0.1) is 47.8 Å². The fourth-order valence-corrected chi connectivity index (χ4v) is 8.33. The highest BCUT2D eigenvalue weighted by Gasteiger charge is 2.36. The maximum atomic E-state index is 13.9. The lowest BCUT2D eigenvalue weighted by molar-refractivity contribution is -0.141. The molecule has 1 aromatic rings. The summed E-state index contributed by atoms with van der Waals surface area (Å²) >= 11 is 11.6. The monoisotopic (exact) mass is 1080 g/mol. The van der Waals surface area contributed by atoms with Gasteiger partial charge in [0.2, 0.25) is 41.4 Å². The molecule has 0 spiro atoms. The Morgan fingerprint density at radius 2 is 1.14 bits per heavy atom. The van der Waals surface area contributed by atoms with Gasteiger partial charge in [0.15, 0.2) is 22.1 Å². The highest BCUT2D eigenvalue weighted by Crippen LogP contribution is 2.28. The van der Waals surface area contributed by atoms with Crippen LogP contribution in [0.25, 0.3) is 0 Å². The number of thiol groups is 1. The van der Waals surface area contributed by atoms with E-state index in [-0.39, 0.29) is 38.2 Å². The summed E-state index contributed by atoms with van der Waals surface area (Å²) in [7, 11) is 0. The molecule has 398 valence electrons. The van der Waals surface area contributed by atoms with Gasteiger partial charge in [-0.2, -0.15) is 0 Å². The number of halogens is 1. The van der Waals surface area contributed by atoms with E-state index >= 15 is 0 Å². The summed E-state index contributed by atoms with van der Waals surface area (Å²) in [5, 5.41) is 25.3. The van der Waals surface area contributed by atoms with Crippen LogP contribution in [0.15, 0.2) is 35.3 Å². The molecule has 0 aliphatic rings. The van der Waals surface area contributed by atoms with Gasteiger partial charge >= 0.3 is 5.97 Å². The van der Waals surface area contributed by atoms with Gasteiger partial charge in [-0.3, -0.25) is 52.9 Å². The number of guanidine groups is 1. The number of carbonyl (C=O) groups is 10. The second kappa shape index (κ2) is 31.7. The predicted molar refractivity (Wildman–Crippen MR) is 275 cm³/mol. The number of primary amides is 1. The molecule has 0 aliphatic heterocycles. The SMILES string of the molecule is CC(C)(C)SC(NC(=O)[C@H](CCCCN)NC(=O)CCl)C(=O)N[C@@H](CCCN=C(N)N)C(=O)NCC(=O)N[C@@H](CC(=O)O)C(=O)NC(SC(C)(C)C)C(=O)N[C@@H](Cc1ccccc1)C(=O)N[C@@H](S)C(N)=O. The number of hydrogen-bond acceptors (Lipinski definition) is 15. The van der Waals surface area contributed by atoms with Gasteiger partial charge in [0, 0.05) is 22.5 Å². The Bertz CT molecular complexity index is 2020. The number of amides is 9. The molecule has 0 radical (unpaired) electrons. The molecule has 0 saturated heterocycles. The lowest BCUT2D eigenvalue weighted by atomic mass is 10.1. The van der Waals surface area contributed by atoms with Crippen LogP contribution in [-0.4, -0.2) is 145 Å². The number of carbonyl (C=O) groups excluding carboxylic acids is 9. The van der Waals surface area contributed by atoms with Crippen molar-refractivity contribution in [2.75, 3.05) is 25.5 Å². The lowest BCUT2D eigenvalue weighted by Crippen LogP contribution is -2.58. The lowest BCUT2D eigenvalue weighted by Gasteiger charge is -2.29. The minimum Gasteiger partial charge on any atom is -0.481 e. The zero-order valence-corrected chi connectivity index (χ0v) is 43.9. The summed E-state index contributed by atoms with van der Waals surface area (Å²) in [6.45, 7) is 10.1. The number of aliphatic carboxylic acids is 1. The molecule has 0 saturated carbocycles. The van der Waals surface area contributed by atoms with E-state index in [0.717, 1.165) is 23.5 Å². The first kappa shape index (κ1) is 63.5. The first-order valence-electron chi connectivity index (χ1n) is 22.3. The number of thioether (sulfide) groups is 2. The molecule has 28 heteroatoms. The Morgan fingerprint density at radius 1 is 0.648 bits per heavy atom. The van der Waals surface area contributed by atoms with Gasteiger partial charge in [0.1, 0.15) is 30.0 Å². The number of hydrogen-bond donors (Lipinski definition) is 14. The number of nitrogens with zero attached hydrogens (tertiary/aromatic N) is 1. The van der Waals surface area contributed by atoms with E-state index in [2.05, 4.69) is 60.2 Å². The smallest absolute Gasteiger partial charge is 0.305 e. The van der Waals surface area contributed by atoms with Crippen molar-refractivity contribution in [1.82, 2.24) is 42.5 Å². The fraction of sp³-hybridized carbons (Fsp3) is 0.605. The van der Waals surface area contributed by atoms with Gasteiger partial charge in [0.05, 0.1) is 13.0 Å². The average molecular weight is 1080 g/mol. The third kappa shape index (κ3) is 27.6. The van der Waals surface area contributed by atoms with Gasteiger partial charge in [0.25, 0.3) is 11.8 Å². The van der Waals surface area contributed by atoms with Gasteiger partial charge in [-0.05, 0) is 44.2 Å². The van der Waals surface area contributed by atoms with Crippen LogP contribution in [-0.2, 0) is 54.4 Å². The molecular weight excluding hydrogens is 1010 g/mol. The van der Waals surface area contributed by atoms with E-state index in [4.69, 9.17) is 34.5 Å². The van der Waals surface area contributed by atoms with Crippen molar-refractivity contribution in [2.24, 2.45) is 27.9 Å². The quantitative estimate of drug-likeness (QED) is 0.00954. The second-order valence-corrected chi connectivity index (χ2v) is 22.4. The van der Waals surface area contributed by atoms with Gasteiger partial charge < -0.3 is 70.6 Å². The molecule has 0 aromatic heterocycles. The maximum absolute atomic E-state index is 13.9. The minimum absolute atomic E-state index is 0.0366. The molecule has 24 nitrogen and oxygen atoms in total. The van der Waals surface area contributed by atoms with E-state index in [9.17, 15) is 53.1 Å². The number of carboxylic acid groups (broad SMARTS) is 1. The van der Waals surface area contributed by atoms with Crippen LogP contribution < -0.4 is 65.5 Å². The number of rotatable bonds is 31. The van der Waals surface area contributed by atoms with Crippen LogP contribution in [0.3, 0.4) is 0 Å². The molecule has 71 heavy (non-hydrogen) atoms. The van der Waals surface area contributed by atoms with Crippen molar-refractivity contribution >= 4 is 113 Å². The molecule has 2 unspecified atom stereocenters. The van der Waals surface area contributed by atoms with Crippen LogP contribution in [0.4, 0.5) is 0 Å². The van der Waals surface area contributed by atoms with E-state index in [1.54, 1.807) is 71.9 Å². The molecule has 1 aromatic carbocycles. The molecule has 0 aliphatic carbocycles. The summed E-state index contributed by atoms with van der Waals surface area (Å²) < 4.78 is -1.36. The highest BCUT2D eigenvalue weighted by molar-refractivity contribution is 8.02. The zero-order valence-electron chi connectivity index (χ0n) is 40.6. The summed E-state index contributed by atoms with van der Waals surface area (Å²) in [6, 6.07) is 2.97. The maximum Gasteiger partial charge on any atom is 0.305 e. The number of nitrogens with one attached hydrogen (secondary N) is 8.